The van der Waals surface area contributed by atoms with Gasteiger partial charge in [0.15, 0.2) is 0 Å². The lowest BCUT2D eigenvalue weighted by atomic mass is 10.1. The predicted molar refractivity (Wildman–Crippen MR) is 98.5 cm³/mol. The molecule has 1 amide bonds. The molecule has 0 spiro atoms. The summed E-state index contributed by atoms with van der Waals surface area (Å²) >= 11 is 6.08. The molecule has 1 fully saturated rings. The van der Waals surface area contributed by atoms with Crippen LogP contribution in [-0.4, -0.2) is 31.7 Å². The average molecular weight is 397 g/mol. The van der Waals surface area contributed by atoms with Gasteiger partial charge in [0, 0.05) is 24.3 Å². The minimum atomic E-state index is -3.71. The Labute approximate surface area is 156 Å². The van der Waals surface area contributed by atoms with Crippen LogP contribution in [0.1, 0.15) is 28.8 Å². The third-order valence-corrected chi connectivity index (χ3v) is 6.69. The van der Waals surface area contributed by atoms with Crippen molar-refractivity contribution in [2.45, 2.75) is 24.7 Å². The van der Waals surface area contributed by atoms with Crippen molar-refractivity contribution in [1.82, 2.24) is 4.31 Å². The topological polar surface area (TPSA) is 66.5 Å². The molecule has 3 rings (SSSR count). The van der Waals surface area contributed by atoms with Gasteiger partial charge in [-0.25, -0.2) is 12.8 Å². The number of nitrogens with one attached hydrogen (secondary N) is 1. The average Bonchev–Trinajstić information content (AvgIpc) is 3.14. The smallest absolute Gasteiger partial charge is 0.255 e. The lowest BCUT2D eigenvalue weighted by Crippen LogP contribution is -2.28. The maximum Gasteiger partial charge on any atom is 0.255 e. The van der Waals surface area contributed by atoms with Crippen molar-refractivity contribution in [3.8, 4) is 0 Å². The molecule has 2 aromatic carbocycles. The van der Waals surface area contributed by atoms with Gasteiger partial charge >= 0.3 is 0 Å². The van der Waals surface area contributed by atoms with Crippen LogP contribution in [0.3, 0.4) is 0 Å². The summed E-state index contributed by atoms with van der Waals surface area (Å²) in [5.41, 5.74) is 0.859. The van der Waals surface area contributed by atoms with Gasteiger partial charge < -0.3 is 5.32 Å². The molecule has 1 saturated heterocycles. The van der Waals surface area contributed by atoms with Crippen molar-refractivity contribution in [2.24, 2.45) is 0 Å². The number of hydrogen-bond donors (Lipinski definition) is 1. The van der Waals surface area contributed by atoms with E-state index >= 15 is 0 Å². The summed E-state index contributed by atoms with van der Waals surface area (Å²) in [6.07, 6.45) is 1.62. The Morgan fingerprint density at radius 2 is 1.85 bits per heavy atom. The highest BCUT2D eigenvalue weighted by molar-refractivity contribution is 7.89. The summed E-state index contributed by atoms with van der Waals surface area (Å²) in [6, 6.07) is 8.42. The van der Waals surface area contributed by atoms with Crippen molar-refractivity contribution in [3.05, 3.63) is 58.4 Å². The minimum absolute atomic E-state index is 0.0473. The molecule has 0 radical (unpaired) electrons. The van der Waals surface area contributed by atoms with Crippen LogP contribution >= 0.6 is 11.6 Å². The monoisotopic (exact) mass is 396 g/mol. The Morgan fingerprint density at radius 1 is 1.15 bits per heavy atom. The number of benzene rings is 2. The molecule has 138 valence electrons. The molecule has 0 aromatic heterocycles. The molecule has 0 bridgehead atoms. The number of amides is 1. The second-order valence-electron chi connectivity index (χ2n) is 6.17. The molecule has 1 aliphatic heterocycles. The Bertz CT molecular complexity index is 957. The molecule has 0 unspecified atom stereocenters. The van der Waals surface area contributed by atoms with E-state index in [1.807, 2.05) is 0 Å². The van der Waals surface area contributed by atoms with Crippen LogP contribution in [0.4, 0.5) is 10.1 Å². The second kappa shape index (κ2) is 7.34. The van der Waals surface area contributed by atoms with Crippen molar-refractivity contribution in [1.29, 1.82) is 0 Å². The van der Waals surface area contributed by atoms with Gasteiger partial charge in [-0.1, -0.05) is 17.7 Å². The summed E-state index contributed by atoms with van der Waals surface area (Å²) in [6.45, 7) is 2.52. The van der Waals surface area contributed by atoms with E-state index in [0.29, 0.717) is 18.7 Å². The third kappa shape index (κ3) is 3.75. The zero-order valence-corrected chi connectivity index (χ0v) is 15.7. The lowest BCUT2D eigenvalue weighted by Gasteiger charge is -2.17. The van der Waals surface area contributed by atoms with Crippen LogP contribution in [-0.2, 0) is 10.0 Å². The zero-order valence-electron chi connectivity index (χ0n) is 14.1. The van der Waals surface area contributed by atoms with Crippen molar-refractivity contribution in [3.63, 3.8) is 0 Å². The van der Waals surface area contributed by atoms with Crippen molar-refractivity contribution in [2.75, 3.05) is 18.4 Å². The number of halogens is 2. The molecule has 2 aromatic rings. The highest BCUT2D eigenvalue weighted by Crippen LogP contribution is 2.29. The maximum atomic E-state index is 13.6. The third-order valence-electron chi connectivity index (χ3n) is 4.31. The molecular formula is C18H18ClFN2O3S. The number of sulfonamides is 1. The van der Waals surface area contributed by atoms with Gasteiger partial charge in [0.1, 0.15) is 10.7 Å². The SMILES string of the molecule is Cc1ccc(C(=O)Nc2ccc(Cl)c(S(=O)(=O)N3CCCC3)c2)cc1F. The van der Waals surface area contributed by atoms with Crippen LogP contribution in [0.25, 0.3) is 0 Å². The highest BCUT2D eigenvalue weighted by atomic mass is 35.5. The maximum absolute atomic E-state index is 13.6. The standard InChI is InChI=1S/C18H18ClFN2O3S/c1-12-4-5-13(10-16(12)20)18(23)21-14-6-7-15(19)17(11-14)26(24,25)22-8-2-3-9-22/h4-7,10-11H,2-3,8-9H2,1H3,(H,21,23). The van der Waals surface area contributed by atoms with Crippen LogP contribution < -0.4 is 5.32 Å². The number of anilines is 1. The number of rotatable bonds is 4. The van der Waals surface area contributed by atoms with E-state index in [0.717, 1.165) is 18.9 Å². The van der Waals surface area contributed by atoms with Crippen LogP contribution in [0.15, 0.2) is 41.3 Å². The zero-order chi connectivity index (χ0) is 18.9. The number of carbonyl (C=O) groups is 1. The minimum Gasteiger partial charge on any atom is -0.322 e. The van der Waals surface area contributed by atoms with E-state index in [1.165, 1.54) is 34.6 Å². The number of nitrogens with zero attached hydrogens (tertiary/aromatic N) is 1. The first-order chi connectivity index (χ1) is 12.3. The van der Waals surface area contributed by atoms with E-state index in [4.69, 9.17) is 11.6 Å². The molecule has 0 aliphatic carbocycles. The summed E-state index contributed by atoms with van der Waals surface area (Å²) in [5, 5.41) is 2.68. The fraction of sp³-hybridized carbons (Fsp3) is 0.278. The number of aryl methyl sites for hydroxylation is 1. The summed E-state index contributed by atoms with van der Waals surface area (Å²) < 4.78 is 40.5. The summed E-state index contributed by atoms with van der Waals surface area (Å²) in [7, 11) is -3.71. The van der Waals surface area contributed by atoms with Crippen molar-refractivity contribution >= 4 is 33.2 Å². The molecular weight excluding hydrogens is 379 g/mol. The summed E-state index contributed by atoms with van der Waals surface area (Å²) in [5.74, 6) is -1.01. The van der Waals surface area contributed by atoms with Crippen LogP contribution in [0, 0.1) is 12.7 Å². The lowest BCUT2D eigenvalue weighted by molar-refractivity contribution is 0.102. The van der Waals surface area contributed by atoms with E-state index in [9.17, 15) is 17.6 Å². The Balaban J connectivity index is 1.87. The number of carbonyl (C=O) groups excluding carboxylic acids is 1. The highest BCUT2D eigenvalue weighted by Gasteiger charge is 2.29. The fourth-order valence-electron chi connectivity index (χ4n) is 2.78. The van der Waals surface area contributed by atoms with Gasteiger partial charge in [0.05, 0.1) is 5.02 Å². The van der Waals surface area contributed by atoms with Crippen LogP contribution in [0.5, 0.6) is 0 Å². The van der Waals surface area contributed by atoms with Gasteiger partial charge in [-0.15, -0.1) is 0 Å². The van der Waals surface area contributed by atoms with Gasteiger partial charge in [-0.2, -0.15) is 4.31 Å². The normalized spacial score (nSPS) is 15.2. The first-order valence-corrected chi connectivity index (χ1v) is 9.98. The van der Waals surface area contributed by atoms with Gasteiger partial charge in [-0.05, 0) is 55.7 Å². The molecule has 26 heavy (non-hydrogen) atoms. The Morgan fingerprint density at radius 3 is 2.50 bits per heavy atom. The Hall–Kier alpha value is -1.96. The first kappa shape index (κ1) is 18.8. The largest absolute Gasteiger partial charge is 0.322 e. The molecule has 1 aliphatic rings. The molecule has 8 heteroatoms. The molecule has 1 N–H and O–H groups in total. The van der Waals surface area contributed by atoms with E-state index in [1.54, 1.807) is 6.92 Å². The molecule has 5 nitrogen and oxygen atoms in total. The van der Waals surface area contributed by atoms with Crippen LogP contribution in [0.2, 0.25) is 5.02 Å². The van der Waals surface area contributed by atoms with Gasteiger partial charge in [-0.3, -0.25) is 4.79 Å². The predicted octanol–water partition coefficient (Wildman–Crippen LogP) is 3.82. The van der Waals surface area contributed by atoms with E-state index in [2.05, 4.69) is 5.32 Å². The summed E-state index contributed by atoms with van der Waals surface area (Å²) in [4.78, 5) is 12.3. The molecule has 0 saturated carbocycles. The number of hydrogen-bond acceptors (Lipinski definition) is 3. The molecule has 1 heterocycles. The Kier molecular flexibility index (Phi) is 5.32. The van der Waals surface area contributed by atoms with Gasteiger partial charge in [0.2, 0.25) is 10.0 Å². The fourth-order valence-corrected chi connectivity index (χ4v) is 4.80. The first-order valence-electron chi connectivity index (χ1n) is 8.16. The second-order valence-corrected chi connectivity index (χ2v) is 8.49. The van der Waals surface area contributed by atoms with Gasteiger partial charge in [0.25, 0.3) is 5.91 Å². The van der Waals surface area contributed by atoms with Crippen molar-refractivity contribution < 1.29 is 17.6 Å². The quantitative estimate of drug-likeness (QED) is 0.854. The molecule has 0 atom stereocenters. The van der Waals surface area contributed by atoms with E-state index < -0.39 is 21.7 Å². The van der Waals surface area contributed by atoms with E-state index in [-0.39, 0.29) is 21.2 Å².